The predicted octanol–water partition coefficient (Wildman–Crippen LogP) is -1.52. The Morgan fingerprint density at radius 1 is 1.44 bits per heavy atom. The van der Waals surface area contributed by atoms with Gasteiger partial charge in [0.15, 0.2) is 6.10 Å². The summed E-state index contributed by atoms with van der Waals surface area (Å²) in [6.07, 6.45) is -1.61. The van der Waals surface area contributed by atoms with Crippen molar-refractivity contribution in [2.24, 2.45) is 5.73 Å². The Kier molecular flexibility index (Phi) is 4.49. The van der Waals surface area contributed by atoms with Crippen LogP contribution in [0.2, 0.25) is 0 Å². The molecule has 0 saturated carbocycles. The van der Waals surface area contributed by atoms with Crippen LogP contribution in [0.1, 0.15) is 19.8 Å². The van der Waals surface area contributed by atoms with Crippen LogP contribution in [0.3, 0.4) is 0 Å². The number of hydrogen-bond donors (Lipinski definition) is 4. The van der Waals surface area contributed by atoms with Gasteiger partial charge in [-0.3, -0.25) is 14.5 Å². The van der Waals surface area contributed by atoms with E-state index in [2.05, 4.69) is 5.32 Å². The maximum Gasteiger partial charge on any atom is 0.407 e. The molecule has 1 saturated heterocycles. The zero-order valence-electron chi connectivity index (χ0n) is 10.00. The van der Waals surface area contributed by atoms with E-state index >= 15 is 0 Å². The van der Waals surface area contributed by atoms with Crippen LogP contribution in [0.15, 0.2) is 0 Å². The minimum atomic E-state index is -1.49. The minimum Gasteiger partial charge on any atom is -0.465 e. The Morgan fingerprint density at radius 3 is 2.56 bits per heavy atom. The number of likely N-dealkylation sites (tertiary alicyclic amines) is 1. The van der Waals surface area contributed by atoms with E-state index in [1.54, 1.807) is 0 Å². The van der Waals surface area contributed by atoms with E-state index in [-0.39, 0.29) is 0 Å². The summed E-state index contributed by atoms with van der Waals surface area (Å²) in [5, 5.41) is 20.6. The van der Waals surface area contributed by atoms with Gasteiger partial charge >= 0.3 is 6.09 Å². The van der Waals surface area contributed by atoms with Crippen LogP contribution < -0.4 is 11.1 Å². The van der Waals surface area contributed by atoms with Crippen LogP contribution in [0, 0.1) is 0 Å². The highest BCUT2D eigenvalue weighted by atomic mass is 16.4. The number of nitrogens with zero attached hydrogens (tertiary/aromatic N) is 1. The van der Waals surface area contributed by atoms with Crippen molar-refractivity contribution in [3.05, 3.63) is 0 Å². The lowest BCUT2D eigenvalue weighted by atomic mass is 10.1. The second kappa shape index (κ2) is 5.67. The van der Waals surface area contributed by atoms with Gasteiger partial charge in [-0.25, -0.2) is 4.79 Å². The topological polar surface area (TPSA) is 133 Å². The molecule has 1 aliphatic rings. The van der Waals surface area contributed by atoms with Crippen LogP contribution in [0.25, 0.3) is 0 Å². The number of nitrogens with two attached hydrogens (primary N) is 1. The molecule has 1 aliphatic heterocycles. The van der Waals surface area contributed by atoms with Gasteiger partial charge in [0.05, 0.1) is 6.04 Å². The van der Waals surface area contributed by atoms with Crippen molar-refractivity contribution in [3.8, 4) is 0 Å². The SMILES string of the molecule is C[C@H](NC(=O)[C@H]1CCCN1C(=O)O)[C@@H](O)C(N)=O. The maximum absolute atomic E-state index is 11.8. The molecule has 0 unspecified atom stereocenters. The Morgan fingerprint density at radius 2 is 2.06 bits per heavy atom. The van der Waals surface area contributed by atoms with Gasteiger partial charge in [0.25, 0.3) is 0 Å². The number of aliphatic hydroxyl groups is 1. The van der Waals surface area contributed by atoms with Crippen LogP contribution in [0.4, 0.5) is 4.79 Å². The standard InChI is InChI=1S/C10H17N3O5/c1-5(7(14)8(11)15)12-9(16)6-3-2-4-13(6)10(17)18/h5-7,14H,2-4H2,1H3,(H2,11,15)(H,12,16)(H,17,18)/t5-,6+,7+/m0/s1. The molecule has 0 aromatic heterocycles. The Bertz CT molecular complexity index is 359. The fraction of sp³-hybridized carbons (Fsp3) is 0.700. The van der Waals surface area contributed by atoms with E-state index < -0.39 is 36.1 Å². The molecule has 18 heavy (non-hydrogen) atoms. The molecular formula is C10H17N3O5. The Balaban J connectivity index is 2.60. The summed E-state index contributed by atoms with van der Waals surface area (Å²) in [7, 11) is 0. The molecular weight excluding hydrogens is 242 g/mol. The zero-order valence-corrected chi connectivity index (χ0v) is 10.00. The number of aliphatic hydroxyl groups excluding tert-OH is 1. The number of carboxylic acid groups (broad SMARTS) is 1. The monoisotopic (exact) mass is 259 g/mol. The number of hydrogen-bond acceptors (Lipinski definition) is 4. The minimum absolute atomic E-state index is 0.306. The maximum atomic E-state index is 11.8. The summed E-state index contributed by atoms with van der Waals surface area (Å²) < 4.78 is 0. The third-order valence-corrected chi connectivity index (χ3v) is 2.94. The number of nitrogens with one attached hydrogen (secondary N) is 1. The van der Waals surface area contributed by atoms with Crippen molar-refractivity contribution >= 4 is 17.9 Å². The van der Waals surface area contributed by atoms with Crippen LogP contribution in [0.5, 0.6) is 0 Å². The van der Waals surface area contributed by atoms with Gasteiger partial charge in [0, 0.05) is 6.54 Å². The molecule has 1 rings (SSSR count). The molecule has 0 radical (unpaired) electrons. The van der Waals surface area contributed by atoms with E-state index in [4.69, 9.17) is 10.8 Å². The second-order valence-electron chi connectivity index (χ2n) is 4.28. The van der Waals surface area contributed by atoms with Crippen molar-refractivity contribution in [3.63, 3.8) is 0 Å². The summed E-state index contributed by atoms with van der Waals surface area (Å²) in [6, 6.07) is -1.63. The van der Waals surface area contributed by atoms with Gasteiger partial charge in [-0.2, -0.15) is 0 Å². The fourth-order valence-electron chi connectivity index (χ4n) is 1.91. The van der Waals surface area contributed by atoms with Crippen molar-refractivity contribution in [2.45, 2.75) is 38.0 Å². The molecule has 102 valence electrons. The predicted molar refractivity (Wildman–Crippen MR) is 60.6 cm³/mol. The summed E-state index contributed by atoms with van der Waals surface area (Å²) in [5.41, 5.74) is 4.90. The van der Waals surface area contributed by atoms with Crippen molar-refractivity contribution in [2.75, 3.05) is 6.54 Å². The van der Waals surface area contributed by atoms with Crippen molar-refractivity contribution in [1.82, 2.24) is 10.2 Å². The average Bonchev–Trinajstić information content (AvgIpc) is 2.76. The molecule has 0 aromatic rings. The molecule has 8 heteroatoms. The molecule has 0 spiro atoms. The highest BCUT2D eigenvalue weighted by molar-refractivity contribution is 5.87. The summed E-state index contributed by atoms with van der Waals surface area (Å²) in [4.78, 5) is 34.5. The molecule has 0 aliphatic carbocycles. The van der Waals surface area contributed by atoms with Gasteiger partial charge in [-0.15, -0.1) is 0 Å². The molecule has 5 N–H and O–H groups in total. The Labute approximate surface area is 104 Å². The average molecular weight is 259 g/mol. The lowest BCUT2D eigenvalue weighted by Gasteiger charge is -2.24. The van der Waals surface area contributed by atoms with Crippen LogP contribution in [-0.4, -0.2) is 57.8 Å². The van der Waals surface area contributed by atoms with E-state index in [0.717, 1.165) is 4.90 Å². The first-order valence-corrected chi connectivity index (χ1v) is 5.62. The highest BCUT2D eigenvalue weighted by Gasteiger charge is 2.35. The van der Waals surface area contributed by atoms with Crippen LogP contribution in [-0.2, 0) is 9.59 Å². The fourth-order valence-corrected chi connectivity index (χ4v) is 1.91. The first-order valence-electron chi connectivity index (χ1n) is 5.62. The highest BCUT2D eigenvalue weighted by Crippen LogP contribution is 2.17. The first kappa shape index (κ1) is 14.2. The second-order valence-corrected chi connectivity index (χ2v) is 4.28. The van der Waals surface area contributed by atoms with Gasteiger partial charge in [0.1, 0.15) is 6.04 Å². The summed E-state index contributed by atoms with van der Waals surface area (Å²) in [6.45, 7) is 1.73. The molecule has 8 nitrogen and oxygen atoms in total. The lowest BCUT2D eigenvalue weighted by Crippen LogP contribution is -2.53. The van der Waals surface area contributed by atoms with E-state index in [0.29, 0.717) is 19.4 Å². The van der Waals surface area contributed by atoms with E-state index in [1.165, 1.54) is 6.92 Å². The normalized spacial score (nSPS) is 22.3. The van der Waals surface area contributed by atoms with Gasteiger partial charge in [0.2, 0.25) is 11.8 Å². The van der Waals surface area contributed by atoms with Gasteiger partial charge in [-0.05, 0) is 19.8 Å². The molecule has 1 heterocycles. The van der Waals surface area contributed by atoms with Crippen LogP contribution >= 0.6 is 0 Å². The van der Waals surface area contributed by atoms with Crippen molar-refractivity contribution < 1.29 is 24.6 Å². The van der Waals surface area contributed by atoms with Gasteiger partial charge < -0.3 is 21.3 Å². The Hall–Kier alpha value is -1.83. The quantitative estimate of drug-likeness (QED) is 0.486. The molecule has 3 amide bonds. The molecule has 0 aromatic carbocycles. The van der Waals surface area contributed by atoms with Gasteiger partial charge in [-0.1, -0.05) is 0 Å². The third kappa shape index (κ3) is 3.10. The molecule has 0 bridgehead atoms. The first-order chi connectivity index (χ1) is 8.34. The summed E-state index contributed by atoms with van der Waals surface area (Å²) >= 11 is 0. The molecule has 1 fully saturated rings. The lowest BCUT2D eigenvalue weighted by molar-refractivity contribution is -0.130. The largest absolute Gasteiger partial charge is 0.465 e. The smallest absolute Gasteiger partial charge is 0.407 e. The van der Waals surface area contributed by atoms with E-state index in [9.17, 15) is 19.5 Å². The summed E-state index contributed by atoms with van der Waals surface area (Å²) in [5.74, 6) is -1.47. The number of carbonyl (C=O) groups excluding carboxylic acids is 2. The van der Waals surface area contributed by atoms with Crippen molar-refractivity contribution in [1.29, 1.82) is 0 Å². The number of amides is 3. The number of carbonyl (C=O) groups is 3. The number of rotatable bonds is 4. The zero-order chi connectivity index (χ0) is 13.9. The third-order valence-electron chi connectivity index (χ3n) is 2.94. The molecule has 3 atom stereocenters. The number of primary amides is 1. The van der Waals surface area contributed by atoms with E-state index in [1.807, 2.05) is 0 Å².